The molecule has 1 aromatic rings. The van der Waals surface area contributed by atoms with Gasteiger partial charge >= 0.3 is 5.97 Å². The second kappa shape index (κ2) is 6.02. The number of likely N-dealkylation sites (N-methyl/N-ethyl adjacent to an activating group) is 1. The van der Waals surface area contributed by atoms with Crippen molar-refractivity contribution in [3.8, 4) is 0 Å². The Morgan fingerprint density at radius 1 is 1.47 bits per heavy atom. The first-order valence-corrected chi connectivity index (χ1v) is 6.08. The van der Waals surface area contributed by atoms with Crippen LogP contribution in [0, 0.1) is 6.92 Å². The highest BCUT2D eigenvalue weighted by atomic mass is 79.9. The molecule has 4 nitrogen and oxygen atoms in total. The van der Waals surface area contributed by atoms with Gasteiger partial charge in [0, 0.05) is 16.7 Å². The van der Waals surface area contributed by atoms with Gasteiger partial charge in [-0.05, 0) is 38.7 Å². The minimum Gasteiger partial charge on any atom is -0.461 e. The van der Waals surface area contributed by atoms with E-state index in [9.17, 15) is 4.79 Å². The molecule has 0 heterocycles. The summed E-state index contributed by atoms with van der Waals surface area (Å²) in [7, 11) is 3.85. The minimum atomic E-state index is -0.336. The molecule has 17 heavy (non-hydrogen) atoms. The molecule has 0 bridgehead atoms. The van der Waals surface area contributed by atoms with E-state index in [4.69, 9.17) is 10.5 Å². The average Bonchev–Trinajstić information content (AvgIpc) is 2.22. The Hall–Kier alpha value is -1.07. The van der Waals surface area contributed by atoms with Crippen LogP contribution in [0.1, 0.15) is 15.9 Å². The molecule has 0 radical (unpaired) electrons. The fourth-order valence-corrected chi connectivity index (χ4v) is 1.79. The third-order valence-corrected chi connectivity index (χ3v) is 2.86. The largest absolute Gasteiger partial charge is 0.461 e. The molecule has 5 heteroatoms. The zero-order chi connectivity index (χ0) is 13.0. The van der Waals surface area contributed by atoms with E-state index >= 15 is 0 Å². The number of carbonyl (C=O) groups is 1. The van der Waals surface area contributed by atoms with Crippen molar-refractivity contribution in [2.24, 2.45) is 0 Å². The molecule has 0 aliphatic rings. The Balaban J connectivity index is 2.75. The number of nitrogens with zero attached hydrogens (tertiary/aromatic N) is 1. The van der Waals surface area contributed by atoms with Crippen molar-refractivity contribution in [3.63, 3.8) is 0 Å². The van der Waals surface area contributed by atoms with E-state index in [1.807, 2.05) is 25.9 Å². The second-order valence-corrected chi connectivity index (χ2v) is 5.02. The summed E-state index contributed by atoms with van der Waals surface area (Å²) in [6.45, 7) is 2.89. The summed E-state index contributed by atoms with van der Waals surface area (Å²) in [6.07, 6.45) is 0. The Bertz CT molecular complexity index is 419. The highest BCUT2D eigenvalue weighted by Crippen LogP contribution is 2.23. The van der Waals surface area contributed by atoms with Crippen molar-refractivity contribution >= 4 is 27.6 Å². The van der Waals surface area contributed by atoms with Crippen molar-refractivity contribution in [1.29, 1.82) is 0 Å². The number of ether oxygens (including phenoxy) is 1. The summed E-state index contributed by atoms with van der Waals surface area (Å²) >= 11 is 3.31. The van der Waals surface area contributed by atoms with E-state index < -0.39 is 0 Å². The van der Waals surface area contributed by atoms with Gasteiger partial charge in [0.1, 0.15) is 6.61 Å². The van der Waals surface area contributed by atoms with E-state index in [0.717, 1.165) is 10.0 Å². The van der Waals surface area contributed by atoms with Crippen molar-refractivity contribution in [2.45, 2.75) is 6.92 Å². The van der Waals surface area contributed by atoms with Gasteiger partial charge in [0.15, 0.2) is 0 Å². The predicted molar refractivity (Wildman–Crippen MR) is 72.1 cm³/mol. The summed E-state index contributed by atoms with van der Waals surface area (Å²) in [6, 6.07) is 3.50. The van der Waals surface area contributed by atoms with Crippen LogP contribution in [0.15, 0.2) is 16.6 Å². The topological polar surface area (TPSA) is 55.6 Å². The number of halogens is 1. The van der Waals surface area contributed by atoms with Gasteiger partial charge in [-0.2, -0.15) is 0 Å². The molecule has 0 atom stereocenters. The van der Waals surface area contributed by atoms with Gasteiger partial charge in [-0.1, -0.05) is 15.9 Å². The van der Waals surface area contributed by atoms with Crippen LogP contribution in [0.25, 0.3) is 0 Å². The molecule has 2 N–H and O–H groups in total. The summed E-state index contributed by atoms with van der Waals surface area (Å²) < 4.78 is 5.95. The third kappa shape index (κ3) is 4.02. The summed E-state index contributed by atoms with van der Waals surface area (Å²) in [5.74, 6) is -0.336. The van der Waals surface area contributed by atoms with Crippen LogP contribution < -0.4 is 5.73 Å². The van der Waals surface area contributed by atoms with Crippen LogP contribution in [0.5, 0.6) is 0 Å². The predicted octanol–water partition coefficient (Wildman–Crippen LogP) is 2.06. The van der Waals surface area contributed by atoms with Crippen LogP contribution in [0.4, 0.5) is 5.69 Å². The molecule has 0 spiro atoms. The van der Waals surface area contributed by atoms with Crippen LogP contribution in [0.3, 0.4) is 0 Å². The first kappa shape index (κ1) is 14.0. The Labute approximate surface area is 110 Å². The molecule has 1 rings (SSSR count). The Kier molecular flexibility index (Phi) is 4.96. The van der Waals surface area contributed by atoms with Gasteiger partial charge in [-0.25, -0.2) is 4.79 Å². The van der Waals surface area contributed by atoms with Crippen LogP contribution >= 0.6 is 15.9 Å². The maximum atomic E-state index is 11.8. The lowest BCUT2D eigenvalue weighted by Gasteiger charge is -2.12. The number of anilines is 1. The number of rotatable bonds is 4. The highest BCUT2D eigenvalue weighted by molar-refractivity contribution is 9.10. The maximum Gasteiger partial charge on any atom is 0.338 e. The first-order valence-electron chi connectivity index (χ1n) is 5.29. The van der Waals surface area contributed by atoms with Crippen LogP contribution in [-0.2, 0) is 4.74 Å². The molecular weight excluding hydrogens is 284 g/mol. The van der Waals surface area contributed by atoms with Crippen molar-refractivity contribution in [2.75, 3.05) is 33.0 Å². The third-order valence-electron chi connectivity index (χ3n) is 2.40. The molecule has 0 aliphatic carbocycles. The van der Waals surface area contributed by atoms with E-state index in [1.165, 1.54) is 0 Å². The monoisotopic (exact) mass is 300 g/mol. The Morgan fingerprint density at radius 2 is 2.12 bits per heavy atom. The zero-order valence-electron chi connectivity index (χ0n) is 10.3. The second-order valence-electron chi connectivity index (χ2n) is 4.11. The first-order chi connectivity index (χ1) is 7.91. The normalized spacial score (nSPS) is 10.6. The van der Waals surface area contributed by atoms with Gasteiger partial charge in [0.2, 0.25) is 0 Å². The molecule has 94 valence electrons. The number of nitrogens with two attached hydrogens (primary N) is 1. The van der Waals surface area contributed by atoms with E-state index in [0.29, 0.717) is 24.4 Å². The molecule has 1 aromatic carbocycles. The number of benzene rings is 1. The number of carbonyl (C=O) groups excluding carboxylic acids is 1. The molecule has 0 unspecified atom stereocenters. The van der Waals surface area contributed by atoms with Gasteiger partial charge in [-0.3, -0.25) is 0 Å². The fourth-order valence-electron chi connectivity index (χ4n) is 1.31. The minimum absolute atomic E-state index is 0.336. The number of nitrogen functional groups attached to an aromatic ring is 1. The number of hydrogen-bond donors (Lipinski definition) is 1. The highest BCUT2D eigenvalue weighted by Gasteiger charge is 2.13. The standard InChI is InChI=1S/C12H17BrN2O2/c1-8-10(6-9(13)7-11(8)14)12(16)17-5-4-15(2)3/h6-7H,4-5,14H2,1-3H3. The number of esters is 1. The average molecular weight is 301 g/mol. The van der Waals surface area contributed by atoms with E-state index in [1.54, 1.807) is 12.1 Å². The van der Waals surface area contributed by atoms with Gasteiger partial charge in [-0.15, -0.1) is 0 Å². The molecular formula is C12H17BrN2O2. The quantitative estimate of drug-likeness (QED) is 0.683. The van der Waals surface area contributed by atoms with E-state index in [-0.39, 0.29) is 5.97 Å². The van der Waals surface area contributed by atoms with Crippen LogP contribution in [-0.4, -0.2) is 38.1 Å². The summed E-state index contributed by atoms with van der Waals surface area (Å²) in [5.41, 5.74) is 7.64. The molecule has 0 saturated heterocycles. The lowest BCUT2D eigenvalue weighted by molar-refractivity contribution is 0.0481. The molecule has 0 aromatic heterocycles. The van der Waals surface area contributed by atoms with Gasteiger partial charge in [0.25, 0.3) is 0 Å². The van der Waals surface area contributed by atoms with Crippen molar-refractivity contribution in [1.82, 2.24) is 4.90 Å². The van der Waals surface area contributed by atoms with Crippen LogP contribution in [0.2, 0.25) is 0 Å². The zero-order valence-corrected chi connectivity index (χ0v) is 11.9. The maximum absolute atomic E-state index is 11.8. The molecule has 0 aliphatic heterocycles. The summed E-state index contributed by atoms with van der Waals surface area (Å²) in [4.78, 5) is 13.8. The Morgan fingerprint density at radius 3 is 2.71 bits per heavy atom. The van der Waals surface area contributed by atoms with Crippen molar-refractivity contribution < 1.29 is 9.53 Å². The smallest absolute Gasteiger partial charge is 0.338 e. The van der Waals surface area contributed by atoms with E-state index in [2.05, 4.69) is 15.9 Å². The van der Waals surface area contributed by atoms with Gasteiger partial charge in [0.05, 0.1) is 5.56 Å². The lowest BCUT2D eigenvalue weighted by atomic mass is 10.1. The summed E-state index contributed by atoms with van der Waals surface area (Å²) in [5, 5.41) is 0. The van der Waals surface area contributed by atoms with Crippen molar-refractivity contribution in [3.05, 3.63) is 27.7 Å². The number of hydrogen-bond acceptors (Lipinski definition) is 4. The molecule has 0 saturated carbocycles. The molecule has 0 amide bonds. The SMILES string of the molecule is Cc1c(N)cc(Br)cc1C(=O)OCCN(C)C. The molecule has 0 fully saturated rings. The van der Waals surface area contributed by atoms with Gasteiger partial charge < -0.3 is 15.4 Å². The lowest BCUT2D eigenvalue weighted by Crippen LogP contribution is -2.20. The fraction of sp³-hybridized carbons (Fsp3) is 0.417.